The number of hydrogen-bond acceptors (Lipinski definition) is 10. The lowest BCUT2D eigenvalue weighted by atomic mass is 10.1. The summed E-state index contributed by atoms with van der Waals surface area (Å²) >= 11 is 6.46. The molecular formula is C31H30ClF5N6O6S. The molecule has 0 saturated carbocycles. The molecule has 0 fully saturated rings. The highest BCUT2D eigenvalue weighted by Crippen LogP contribution is 2.39. The quantitative estimate of drug-likeness (QED) is 0.149. The second kappa shape index (κ2) is 15.6. The summed E-state index contributed by atoms with van der Waals surface area (Å²) in [5.41, 5.74) is -0.894. The number of ether oxygens (including phenoxy) is 3. The molecule has 0 saturated heterocycles. The van der Waals surface area contributed by atoms with Crippen LogP contribution in [0.15, 0.2) is 65.8 Å². The second-order valence-electron chi connectivity index (χ2n) is 10.3. The fourth-order valence-electron chi connectivity index (χ4n) is 4.52. The molecule has 4 aromatic rings. The number of rotatable bonds is 13. The van der Waals surface area contributed by atoms with E-state index in [1.165, 1.54) is 51.4 Å². The van der Waals surface area contributed by atoms with Crippen LogP contribution in [-0.4, -0.2) is 65.9 Å². The zero-order chi connectivity index (χ0) is 36.8. The monoisotopic (exact) mass is 744 g/mol. The normalized spacial score (nSPS) is 11.5. The number of benzene rings is 3. The number of alkyl halides is 3. The lowest BCUT2D eigenvalue weighted by Crippen LogP contribution is -2.33. The predicted molar refractivity (Wildman–Crippen MR) is 175 cm³/mol. The minimum absolute atomic E-state index is 0.0263. The highest BCUT2D eigenvalue weighted by atomic mass is 35.5. The Kier molecular flexibility index (Phi) is 11.8. The Bertz CT molecular complexity index is 1950. The third-order valence-electron chi connectivity index (χ3n) is 7.10. The standard InChI is InChI=1S/C31H30ClF5N6O6S/c1-38-30(44)49-10-9-42(2)26-11-19(31(35,36)37)6-8-24(26)41-25-14-23(34)28(13-22(25)32)50(45,46)43(29-39-15-20(33)16-40-29)17-18-5-7-21(47-3)12-27(18)48-4/h5-8,11-16,41H,9-10,17H2,1-4H3,(H,38,44). The number of sulfonamides is 1. The number of methoxy groups -OCH3 is 2. The number of anilines is 4. The number of carbonyl (C=O) groups excluding carboxylic acids is 1. The number of amides is 1. The molecule has 0 bridgehead atoms. The van der Waals surface area contributed by atoms with Gasteiger partial charge in [0, 0.05) is 31.8 Å². The molecule has 1 amide bonds. The molecule has 1 heterocycles. The van der Waals surface area contributed by atoms with Crippen LogP contribution in [0.5, 0.6) is 11.5 Å². The summed E-state index contributed by atoms with van der Waals surface area (Å²) in [4.78, 5) is 19.4. The number of aromatic nitrogens is 2. The molecule has 4 rings (SSSR count). The van der Waals surface area contributed by atoms with Gasteiger partial charge in [-0.05, 0) is 36.4 Å². The summed E-state index contributed by atoms with van der Waals surface area (Å²) in [5, 5.41) is 4.68. The third-order valence-corrected chi connectivity index (χ3v) is 9.15. The molecule has 0 aliphatic carbocycles. The van der Waals surface area contributed by atoms with Crippen LogP contribution in [-0.2, 0) is 27.5 Å². The van der Waals surface area contributed by atoms with E-state index in [0.29, 0.717) is 10.1 Å². The van der Waals surface area contributed by atoms with Crippen LogP contribution < -0.4 is 29.3 Å². The summed E-state index contributed by atoms with van der Waals surface area (Å²) < 4.78 is 115. The van der Waals surface area contributed by atoms with Crippen LogP contribution in [0.3, 0.4) is 0 Å². The zero-order valence-electron chi connectivity index (χ0n) is 26.8. The molecule has 0 aliphatic heterocycles. The summed E-state index contributed by atoms with van der Waals surface area (Å²) in [6.07, 6.45) is -3.99. The zero-order valence-corrected chi connectivity index (χ0v) is 28.4. The molecule has 3 aromatic carbocycles. The minimum Gasteiger partial charge on any atom is -0.497 e. The fourth-order valence-corrected chi connectivity index (χ4v) is 6.22. The molecule has 12 nitrogen and oxygen atoms in total. The van der Waals surface area contributed by atoms with Crippen molar-refractivity contribution in [1.29, 1.82) is 0 Å². The summed E-state index contributed by atoms with van der Waals surface area (Å²) in [6, 6.07) is 8.80. The lowest BCUT2D eigenvalue weighted by molar-refractivity contribution is -0.137. The first-order valence-corrected chi connectivity index (χ1v) is 16.1. The van der Waals surface area contributed by atoms with E-state index in [-0.39, 0.29) is 46.5 Å². The molecular weight excluding hydrogens is 715 g/mol. The number of alkyl carbamates (subject to hydrolysis) is 1. The molecule has 268 valence electrons. The molecule has 0 radical (unpaired) electrons. The van der Waals surface area contributed by atoms with Crippen LogP contribution in [0.25, 0.3) is 0 Å². The summed E-state index contributed by atoms with van der Waals surface area (Å²) in [6.45, 7) is -0.726. The van der Waals surface area contributed by atoms with Crippen molar-refractivity contribution in [2.45, 2.75) is 17.6 Å². The number of carbonyl (C=O) groups is 1. The molecule has 0 aliphatic rings. The van der Waals surface area contributed by atoms with E-state index in [4.69, 9.17) is 25.8 Å². The fraction of sp³-hybridized carbons (Fsp3) is 0.258. The van der Waals surface area contributed by atoms with Gasteiger partial charge in [-0.3, -0.25) is 0 Å². The van der Waals surface area contributed by atoms with E-state index in [9.17, 15) is 30.8 Å². The maximum Gasteiger partial charge on any atom is 0.416 e. The third kappa shape index (κ3) is 8.73. The predicted octanol–water partition coefficient (Wildman–Crippen LogP) is 6.38. The van der Waals surface area contributed by atoms with Crippen molar-refractivity contribution >= 4 is 50.7 Å². The van der Waals surface area contributed by atoms with Gasteiger partial charge in [0.2, 0.25) is 5.95 Å². The van der Waals surface area contributed by atoms with E-state index in [2.05, 4.69) is 20.6 Å². The van der Waals surface area contributed by atoms with Gasteiger partial charge in [0.1, 0.15) is 28.8 Å². The van der Waals surface area contributed by atoms with E-state index in [1.54, 1.807) is 0 Å². The van der Waals surface area contributed by atoms with Gasteiger partial charge in [-0.15, -0.1) is 0 Å². The van der Waals surface area contributed by atoms with Crippen molar-refractivity contribution < 1.29 is 49.4 Å². The Hall–Kier alpha value is -5.10. The largest absolute Gasteiger partial charge is 0.497 e. The van der Waals surface area contributed by atoms with Crippen LogP contribution in [0.1, 0.15) is 11.1 Å². The molecule has 0 unspecified atom stereocenters. The second-order valence-corrected chi connectivity index (χ2v) is 12.6. The molecule has 19 heteroatoms. The Morgan fingerprint density at radius 1 is 0.980 bits per heavy atom. The highest BCUT2D eigenvalue weighted by molar-refractivity contribution is 7.92. The van der Waals surface area contributed by atoms with E-state index in [1.807, 2.05) is 0 Å². The van der Waals surface area contributed by atoms with Gasteiger partial charge in [-0.25, -0.2) is 36.3 Å². The van der Waals surface area contributed by atoms with Gasteiger partial charge >= 0.3 is 12.3 Å². The van der Waals surface area contributed by atoms with Crippen molar-refractivity contribution in [2.24, 2.45) is 0 Å². The van der Waals surface area contributed by atoms with E-state index < -0.39 is 56.9 Å². The first kappa shape index (κ1) is 37.7. The maximum atomic E-state index is 15.8. The summed E-state index contributed by atoms with van der Waals surface area (Å²) in [7, 11) is 0.663. The Morgan fingerprint density at radius 3 is 2.30 bits per heavy atom. The SMILES string of the molecule is CNC(=O)OCCN(C)c1cc(C(F)(F)F)ccc1Nc1cc(F)c(S(=O)(=O)N(Cc2ccc(OC)cc2OC)c2ncc(F)cn2)cc1Cl. The molecule has 50 heavy (non-hydrogen) atoms. The molecule has 2 N–H and O–H groups in total. The molecule has 0 atom stereocenters. The smallest absolute Gasteiger partial charge is 0.416 e. The number of halogens is 6. The van der Waals surface area contributed by atoms with E-state index in [0.717, 1.165) is 42.7 Å². The van der Waals surface area contributed by atoms with Gasteiger partial charge in [0.05, 0.1) is 67.4 Å². The Balaban J connectivity index is 1.73. The van der Waals surface area contributed by atoms with Crippen molar-refractivity contribution in [3.63, 3.8) is 0 Å². The topological polar surface area (TPSA) is 135 Å². The van der Waals surface area contributed by atoms with E-state index >= 15 is 4.39 Å². The van der Waals surface area contributed by atoms with Gasteiger partial charge in [-0.1, -0.05) is 11.6 Å². The van der Waals surface area contributed by atoms with Gasteiger partial charge in [-0.2, -0.15) is 13.2 Å². The average Bonchev–Trinajstić information content (AvgIpc) is 3.08. The van der Waals surface area contributed by atoms with Crippen molar-refractivity contribution in [2.75, 3.05) is 56.0 Å². The molecule has 0 spiro atoms. The number of nitrogens with zero attached hydrogens (tertiary/aromatic N) is 4. The Morgan fingerprint density at radius 2 is 1.68 bits per heavy atom. The minimum atomic E-state index is -4.88. The lowest BCUT2D eigenvalue weighted by Gasteiger charge is -2.25. The van der Waals surface area contributed by atoms with Gasteiger partial charge in [0.15, 0.2) is 5.82 Å². The van der Waals surface area contributed by atoms with Crippen molar-refractivity contribution in [3.05, 3.63) is 88.7 Å². The van der Waals surface area contributed by atoms with Crippen LogP contribution >= 0.6 is 11.6 Å². The van der Waals surface area contributed by atoms with Crippen molar-refractivity contribution in [1.82, 2.24) is 15.3 Å². The van der Waals surface area contributed by atoms with Crippen molar-refractivity contribution in [3.8, 4) is 11.5 Å². The van der Waals surface area contributed by atoms with Gasteiger partial charge in [0.25, 0.3) is 10.0 Å². The van der Waals surface area contributed by atoms with Crippen LogP contribution in [0.4, 0.5) is 49.8 Å². The number of likely N-dealkylation sites (N-methyl/N-ethyl adjacent to an activating group) is 1. The summed E-state index contributed by atoms with van der Waals surface area (Å²) in [5.74, 6) is -2.04. The number of hydrogen-bond donors (Lipinski definition) is 2. The number of nitrogens with one attached hydrogen (secondary N) is 2. The highest BCUT2D eigenvalue weighted by Gasteiger charge is 2.33. The Labute approximate surface area is 288 Å². The first-order valence-electron chi connectivity index (χ1n) is 14.3. The van der Waals surface area contributed by atoms with Crippen LogP contribution in [0.2, 0.25) is 5.02 Å². The average molecular weight is 745 g/mol. The first-order chi connectivity index (χ1) is 23.6. The van der Waals surface area contributed by atoms with Crippen LogP contribution in [0, 0.1) is 11.6 Å². The van der Waals surface area contributed by atoms with Gasteiger partial charge < -0.3 is 29.7 Å². The molecule has 1 aromatic heterocycles. The maximum absolute atomic E-state index is 15.8.